The van der Waals surface area contributed by atoms with E-state index in [0.29, 0.717) is 5.92 Å². The monoisotopic (exact) mass is 496 g/mol. The van der Waals surface area contributed by atoms with Gasteiger partial charge in [0.1, 0.15) is 5.75 Å². The predicted molar refractivity (Wildman–Crippen MR) is 155 cm³/mol. The summed E-state index contributed by atoms with van der Waals surface area (Å²) in [6, 6.07) is 12.2. The quantitative estimate of drug-likeness (QED) is 0.378. The van der Waals surface area contributed by atoms with Crippen LogP contribution in [0.25, 0.3) is 0 Å². The molecule has 0 bridgehead atoms. The Bertz CT molecular complexity index is 1310. The van der Waals surface area contributed by atoms with Gasteiger partial charge in [-0.05, 0) is 75.8 Å². The van der Waals surface area contributed by atoms with E-state index in [2.05, 4.69) is 90.1 Å². The summed E-state index contributed by atoms with van der Waals surface area (Å²) in [4.78, 5) is 0. The van der Waals surface area contributed by atoms with E-state index in [9.17, 15) is 0 Å². The molecule has 1 heterocycles. The van der Waals surface area contributed by atoms with Crippen molar-refractivity contribution in [2.24, 2.45) is 0 Å². The minimum atomic E-state index is 0.00871. The lowest BCUT2D eigenvalue weighted by Gasteiger charge is -2.41. The van der Waals surface area contributed by atoms with Crippen LogP contribution in [0, 0.1) is 0 Å². The van der Waals surface area contributed by atoms with Crippen LogP contribution in [-0.2, 0) is 28.8 Å². The Hall–Kier alpha value is -2.11. The first-order valence-electron chi connectivity index (χ1n) is 13.7. The maximum Gasteiger partial charge on any atom is 0.126 e. The summed E-state index contributed by atoms with van der Waals surface area (Å²) in [5, 5.41) is 0. The van der Waals surface area contributed by atoms with Gasteiger partial charge in [0.05, 0.1) is 7.11 Å². The Morgan fingerprint density at radius 2 is 1.64 bits per heavy atom. The average Bonchev–Trinajstić information content (AvgIpc) is 3.36. The second-order valence-corrected chi connectivity index (χ2v) is 14.6. The number of ether oxygens (including phenoxy) is 1. The van der Waals surface area contributed by atoms with Gasteiger partial charge in [-0.1, -0.05) is 95.7 Å². The van der Waals surface area contributed by atoms with Crippen molar-refractivity contribution >= 4 is 8.58 Å². The first kappa shape index (κ1) is 24.2. The standard InChI is InChI=1S/C34H41OP/c1-32(2,3)27-17-25(18-28(31(27)35-7)33(4,5)6)26-16-22-11-9-13-24-20-36-19-23-12-8-10-21-14-15-34(26,29(21)23)30(22)24/h8-11,13-14,17-18,26,36H,12,15-16,19-20H2,1-7H3/t26?,34-/m1/s1. The van der Waals surface area contributed by atoms with Gasteiger partial charge >= 0.3 is 0 Å². The lowest BCUT2D eigenvalue weighted by Crippen LogP contribution is -2.34. The first-order valence-corrected chi connectivity index (χ1v) is 15.1. The molecule has 0 saturated carbocycles. The molecule has 2 unspecified atom stereocenters. The number of benzene rings is 2. The molecular weight excluding hydrogens is 455 g/mol. The minimum Gasteiger partial charge on any atom is -0.496 e. The van der Waals surface area contributed by atoms with Crippen molar-refractivity contribution in [3.63, 3.8) is 0 Å². The fraction of sp³-hybridized carbons (Fsp3) is 0.471. The number of rotatable bonds is 2. The number of hydrogen-bond donors (Lipinski definition) is 0. The lowest BCUT2D eigenvalue weighted by molar-refractivity contribution is 0.379. The first-order chi connectivity index (χ1) is 17.1. The number of allylic oxidation sites excluding steroid dienone is 6. The predicted octanol–water partition coefficient (Wildman–Crippen LogP) is 8.65. The molecule has 0 amide bonds. The third-order valence-corrected chi connectivity index (χ3v) is 10.4. The highest BCUT2D eigenvalue weighted by molar-refractivity contribution is 7.37. The zero-order valence-electron chi connectivity index (χ0n) is 23.1. The fourth-order valence-corrected chi connectivity index (χ4v) is 8.90. The van der Waals surface area contributed by atoms with Crippen LogP contribution < -0.4 is 4.74 Å². The molecule has 0 saturated heterocycles. The Labute approximate surface area is 219 Å². The molecule has 3 aliphatic carbocycles. The molecule has 0 radical (unpaired) electrons. The maximum atomic E-state index is 6.15. The molecule has 4 aliphatic rings. The summed E-state index contributed by atoms with van der Waals surface area (Å²) >= 11 is 0. The van der Waals surface area contributed by atoms with Crippen LogP contribution in [0.5, 0.6) is 5.75 Å². The van der Waals surface area contributed by atoms with Crippen LogP contribution in [-0.4, -0.2) is 13.3 Å². The van der Waals surface area contributed by atoms with Crippen molar-refractivity contribution < 1.29 is 4.74 Å². The van der Waals surface area contributed by atoms with Gasteiger partial charge in [-0.2, -0.15) is 0 Å². The molecule has 2 heteroatoms. The van der Waals surface area contributed by atoms with Crippen LogP contribution in [0.4, 0.5) is 0 Å². The second kappa shape index (κ2) is 8.19. The van der Waals surface area contributed by atoms with E-state index in [-0.39, 0.29) is 16.2 Å². The average molecular weight is 497 g/mol. The Balaban J connectivity index is 1.65. The number of methoxy groups -OCH3 is 1. The van der Waals surface area contributed by atoms with Gasteiger partial charge in [0.25, 0.3) is 0 Å². The molecular formula is C34H41OP. The van der Waals surface area contributed by atoms with Gasteiger partial charge < -0.3 is 4.74 Å². The second-order valence-electron chi connectivity index (χ2n) is 13.4. The van der Waals surface area contributed by atoms with Gasteiger partial charge in [0.15, 0.2) is 0 Å². The molecule has 6 rings (SSSR count). The minimum absolute atomic E-state index is 0.00871. The van der Waals surface area contributed by atoms with Gasteiger partial charge in [-0.15, -0.1) is 8.58 Å². The molecule has 2 aromatic carbocycles. The van der Waals surface area contributed by atoms with E-state index in [0.717, 1.165) is 33.6 Å². The topological polar surface area (TPSA) is 9.23 Å². The van der Waals surface area contributed by atoms with Crippen molar-refractivity contribution in [2.75, 3.05) is 13.3 Å². The van der Waals surface area contributed by atoms with Gasteiger partial charge in [-0.25, -0.2) is 0 Å². The fourth-order valence-electron chi connectivity index (χ4n) is 7.59. The van der Waals surface area contributed by atoms with Crippen LogP contribution in [0.3, 0.4) is 0 Å². The molecule has 188 valence electrons. The van der Waals surface area contributed by atoms with E-state index >= 15 is 0 Å². The molecule has 0 fully saturated rings. The molecule has 3 atom stereocenters. The van der Waals surface area contributed by atoms with Crippen LogP contribution in [0.15, 0.2) is 65.3 Å². The summed E-state index contributed by atoms with van der Waals surface area (Å²) in [6.45, 7) is 14.0. The van der Waals surface area contributed by atoms with Crippen LogP contribution in [0.1, 0.15) is 93.7 Å². The highest BCUT2D eigenvalue weighted by atomic mass is 31.1. The zero-order chi connectivity index (χ0) is 25.5. The van der Waals surface area contributed by atoms with Crippen molar-refractivity contribution in [3.8, 4) is 5.75 Å². The summed E-state index contributed by atoms with van der Waals surface area (Å²) in [6.07, 6.45) is 13.3. The van der Waals surface area contributed by atoms with Crippen molar-refractivity contribution in [2.45, 2.75) is 89.1 Å². The van der Waals surface area contributed by atoms with Crippen LogP contribution >= 0.6 is 8.58 Å². The smallest absolute Gasteiger partial charge is 0.126 e. The molecule has 0 N–H and O–H groups in total. The van der Waals surface area contributed by atoms with E-state index in [1.165, 1.54) is 34.6 Å². The van der Waals surface area contributed by atoms with Gasteiger partial charge in [-0.3, -0.25) is 0 Å². The third kappa shape index (κ3) is 3.45. The lowest BCUT2D eigenvalue weighted by atomic mass is 9.63. The van der Waals surface area contributed by atoms with Crippen molar-refractivity contribution in [3.05, 3.63) is 98.7 Å². The summed E-state index contributed by atoms with van der Waals surface area (Å²) in [5.74, 6) is 1.53. The third-order valence-electron chi connectivity index (χ3n) is 9.08. The zero-order valence-corrected chi connectivity index (χ0v) is 24.1. The molecule has 1 aliphatic heterocycles. The van der Waals surface area contributed by atoms with Gasteiger partial charge in [0, 0.05) is 22.5 Å². The molecule has 1 spiro atoms. The molecule has 36 heavy (non-hydrogen) atoms. The van der Waals surface area contributed by atoms with E-state index in [1.807, 2.05) is 7.11 Å². The largest absolute Gasteiger partial charge is 0.496 e. The Morgan fingerprint density at radius 3 is 2.31 bits per heavy atom. The number of hydrogen-bond acceptors (Lipinski definition) is 1. The van der Waals surface area contributed by atoms with Crippen molar-refractivity contribution in [1.82, 2.24) is 0 Å². The van der Waals surface area contributed by atoms with Crippen LogP contribution in [0.2, 0.25) is 0 Å². The molecule has 0 aromatic heterocycles. The molecule has 2 aromatic rings. The summed E-state index contributed by atoms with van der Waals surface area (Å²) < 4.78 is 6.15. The normalized spacial score (nSPS) is 25.4. The molecule has 1 nitrogen and oxygen atoms in total. The van der Waals surface area contributed by atoms with E-state index in [4.69, 9.17) is 4.74 Å². The SMILES string of the molecule is COc1c(C(C)(C)C)cc(C2Cc3cccc4c3[C@]23CC=C2C=CCC(=C23)CPC4)cc1C(C)(C)C. The van der Waals surface area contributed by atoms with Gasteiger partial charge in [0.2, 0.25) is 0 Å². The Morgan fingerprint density at radius 1 is 0.944 bits per heavy atom. The summed E-state index contributed by atoms with van der Waals surface area (Å²) in [7, 11) is 2.84. The van der Waals surface area contributed by atoms with Crippen molar-refractivity contribution in [1.29, 1.82) is 0 Å². The van der Waals surface area contributed by atoms with E-state index < -0.39 is 0 Å². The highest BCUT2D eigenvalue weighted by Gasteiger charge is 2.54. The maximum absolute atomic E-state index is 6.15. The highest BCUT2D eigenvalue weighted by Crippen LogP contribution is 2.64. The Kier molecular flexibility index (Phi) is 5.52. The summed E-state index contributed by atoms with van der Waals surface area (Å²) in [5.41, 5.74) is 14.1. The van der Waals surface area contributed by atoms with E-state index in [1.54, 1.807) is 27.8 Å².